The van der Waals surface area contributed by atoms with E-state index < -0.39 is 15.5 Å². The fourth-order valence-corrected chi connectivity index (χ4v) is 1.52. The highest BCUT2D eigenvalue weighted by Crippen LogP contribution is 2.42. The molecule has 0 saturated heterocycles. The monoisotopic (exact) mass is 253 g/mol. The van der Waals surface area contributed by atoms with E-state index in [4.69, 9.17) is 45.0 Å². The van der Waals surface area contributed by atoms with Gasteiger partial charge in [-0.25, -0.2) is 0 Å². The number of aliphatic hydroxyl groups is 3. The molecule has 0 aliphatic rings. The van der Waals surface area contributed by atoms with E-state index in [0.717, 1.165) is 0 Å². The summed E-state index contributed by atoms with van der Waals surface area (Å²) in [6, 6.07) is 0. The SMILES string of the molecule is CC(O)C(O)(CCO)C(Cl)(Cl)Cl.N. The highest BCUT2D eigenvalue weighted by molar-refractivity contribution is 6.68. The van der Waals surface area contributed by atoms with Crippen LogP contribution in [0.3, 0.4) is 0 Å². The van der Waals surface area contributed by atoms with Gasteiger partial charge < -0.3 is 21.5 Å². The fraction of sp³-hybridized carbons (Fsp3) is 1.00. The molecule has 0 aromatic rings. The maximum atomic E-state index is 9.62. The molecule has 0 aromatic heterocycles. The zero-order chi connectivity index (χ0) is 9.99. The molecule has 0 aliphatic heterocycles. The Hall–Kier alpha value is 0.710. The minimum atomic E-state index is -2.01. The first-order valence-electron chi connectivity index (χ1n) is 3.33. The Morgan fingerprint density at radius 2 is 1.69 bits per heavy atom. The van der Waals surface area contributed by atoms with Crippen molar-refractivity contribution in [1.82, 2.24) is 6.15 Å². The molecule has 0 rings (SSSR count). The third kappa shape index (κ3) is 3.75. The lowest BCUT2D eigenvalue weighted by Gasteiger charge is -2.36. The van der Waals surface area contributed by atoms with Gasteiger partial charge in [0.2, 0.25) is 3.79 Å². The maximum absolute atomic E-state index is 9.62. The molecule has 2 unspecified atom stereocenters. The lowest BCUT2D eigenvalue weighted by atomic mass is 9.96. The molecule has 6 N–H and O–H groups in total. The van der Waals surface area contributed by atoms with Crippen molar-refractivity contribution < 1.29 is 15.3 Å². The Labute approximate surface area is 92.0 Å². The molecule has 82 valence electrons. The van der Waals surface area contributed by atoms with Crippen LogP contribution in [0.4, 0.5) is 0 Å². The Morgan fingerprint density at radius 3 is 1.77 bits per heavy atom. The first-order valence-corrected chi connectivity index (χ1v) is 4.47. The summed E-state index contributed by atoms with van der Waals surface area (Å²) in [4.78, 5) is 0. The van der Waals surface area contributed by atoms with Crippen LogP contribution in [0.1, 0.15) is 13.3 Å². The molecule has 0 aromatic carbocycles. The molecular formula is C6H14Cl3NO3. The summed E-state index contributed by atoms with van der Waals surface area (Å²) in [7, 11) is 0. The standard InChI is InChI=1S/C6H11Cl3O3.H3N/c1-4(11)5(12,2-3-10)6(7,8)9;/h4,10-12H,2-3H2,1H3;1H3. The van der Waals surface area contributed by atoms with Crippen molar-refractivity contribution in [2.45, 2.75) is 28.8 Å². The van der Waals surface area contributed by atoms with Crippen molar-refractivity contribution in [2.75, 3.05) is 6.61 Å². The molecule has 0 amide bonds. The molecule has 0 heterocycles. The zero-order valence-electron chi connectivity index (χ0n) is 7.17. The molecule has 13 heavy (non-hydrogen) atoms. The Bertz CT molecular complexity index is 151. The van der Waals surface area contributed by atoms with E-state index in [-0.39, 0.29) is 19.2 Å². The van der Waals surface area contributed by atoms with Crippen molar-refractivity contribution >= 4 is 34.8 Å². The van der Waals surface area contributed by atoms with Gasteiger partial charge in [-0.2, -0.15) is 0 Å². The molecule has 4 nitrogen and oxygen atoms in total. The van der Waals surface area contributed by atoms with E-state index in [0.29, 0.717) is 0 Å². The van der Waals surface area contributed by atoms with Gasteiger partial charge in [-0.05, 0) is 6.92 Å². The Balaban J connectivity index is 0. The van der Waals surface area contributed by atoms with Gasteiger partial charge in [0.25, 0.3) is 0 Å². The molecule has 0 spiro atoms. The number of halogens is 3. The topological polar surface area (TPSA) is 95.7 Å². The van der Waals surface area contributed by atoms with E-state index in [2.05, 4.69) is 0 Å². The molecule has 0 radical (unpaired) electrons. The summed E-state index contributed by atoms with van der Waals surface area (Å²) >= 11 is 16.3. The predicted octanol–water partition coefficient (Wildman–Crippen LogP) is 1.01. The second-order valence-corrected chi connectivity index (χ2v) is 4.85. The van der Waals surface area contributed by atoms with Crippen molar-refractivity contribution in [3.63, 3.8) is 0 Å². The van der Waals surface area contributed by atoms with E-state index >= 15 is 0 Å². The Morgan fingerprint density at radius 1 is 1.31 bits per heavy atom. The van der Waals surface area contributed by atoms with Gasteiger partial charge >= 0.3 is 0 Å². The quantitative estimate of drug-likeness (QED) is 0.565. The van der Waals surface area contributed by atoms with E-state index in [1.165, 1.54) is 6.92 Å². The van der Waals surface area contributed by atoms with E-state index in [9.17, 15) is 5.11 Å². The van der Waals surface area contributed by atoms with E-state index in [1.54, 1.807) is 0 Å². The molecule has 7 heteroatoms. The normalized spacial score (nSPS) is 18.7. The van der Waals surface area contributed by atoms with Gasteiger partial charge in [-0.3, -0.25) is 0 Å². The van der Waals surface area contributed by atoms with Gasteiger partial charge in [-0.15, -0.1) is 0 Å². The summed E-state index contributed by atoms with van der Waals surface area (Å²) in [5, 5.41) is 27.3. The summed E-state index contributed by atoms with van der Waals surface area (Å²) in [6.07, 6.45) is -1.42. The van der Waals surface area contributed by atoms with Gasteiger partial charge in [0.15, 0.2) is 0 Å². The van der Waals surface area contributed by atoms with Gasteiger partial charge in [-0.1, -0.05) is 34.8 Å². The van der Waals surface area contributed by atoms with Gasteiger partial charge in [0.1, 0.15) is 5.60 Å². The summed E-state index contributed by atoms with van der Waals surface area (Å²) in [5.74, 6) is 0. The highest BCUT2D eigenvalue weighted by atomic mass is 35.6. The summed E-state index contributed by atoms with van der Waals surface area (Å²) in [6.45, 7) is 0.923. The van der Waals surface area contributed by atoms with Crippen molar-refractivity contribution in [3.05, 3.63) is 0 Å². The van der Waals surface area contributed by atoms with E-state index in [1.807, 2.05) is 0 Å². The van der Waals surface area contributed by atoms with Crippen molar-refractivity contribution in [1.29, 1.82) is 0 Å². The van der Waals surface area contributed by atoms with Crippen LogP contribution in [0, 0.1) is 0 Å². The van der Waals surface area contributed by atoms with Crippen LogP contribution < -0.4 is 6.15 Å². The minimum absolute atomic E-state index is 0. The Kier molecular flexibility index (Phi) is 6.90. The number of rotatable bonds is 3. The van der Waals surface area contributed by atoms with Crippen molar-refractivity contribution in [2.24, 2.45) is 0 Å². The average Bonchev–Trinajstić information content (AvgIpc) is 1.85. The number of hydrogen-bond acceptors (Lipinski definition) is 4. The highest BCUT2D eigenvalue weighted by Gasteiger charge is 2.50. The molecule has 0 saturated carbocycles. The van der Waals surface area contributed by atoms with Crippen LogP contribution in [0.2, 0.25) is 0 Å². The van der Waals surface area contributed by atoms with Crippen LogP contribution in [-0.2, 0) is 0 Å². The van der Waals surface area contributed by atoms with Gasteiger partial charge in [0.05, 0.1) is 6.10 Å². The number of alkyl halides is 3. The second kappa shape index (κ2) is 5.56. The number of hydrogen-bond donors (Lipinski definition) is 4. The summed E-state index contributed by atoms with van der Waals surface area (Å²) in [5.41, 5.74) is -1.91. The van der Waals surface area contributed by atoms with Crippen molar-refractivity contribution in [3.8, 4) is 0 Å². The summed E-state index contributed by atoms with van der Waals surface area (Å²) < 4.78 is -2.01. The van der Waals surface area contributed by atoms with Gasteiger partial charge in [0, 0.05) is 13.0 Å². The molecule has 0 bridgehead atoms. The lowest BCUT2D eigenvalue weighted by molar-refractivity contribution is -0.0761. The van der Waals surface area contributed by atoms with Crippen LogP contribution in [0.25, 0.3) is 0 Å². The predicted molar refractivity (Wildman–Crippen MR) is 53.6 cm³/mol. The third-order valence-electron chi connectivity index (χ3n) is 1.67. The fourth-order valence-electron chi connectivity index (χ4n) is 0.758. The first kappa shape index (κ1) is 16.2. The smallest absolute Gasteiger partial charge is 0.221 e. The zero-order valence-corrected chi connectivity index (χ0v) is 9.44. The van der Waals surface area contributed by atoms with Crippen LogP contribution in [0.5, 0.6) is 0 Å². The molecule has 0 aliphatic carbocycles. The lowest BCUT2D eigenvalue weighted by Crippen LogP contribution is -2.52. The van der Waals surface area contributed by atoms with Crippen LogP contribution in [-0.4, -0.2) is 37.4 Å². The first-order chi connectivity index (χ1) is 5.25. The third-order valence-corrected chi connectivity index (χ3v) is 2.66. The number of aliphatic hydroxyl groups excluding tert-OH is 2. The molecular weight excluding hydrogens is 240 g/mol. The van der Waals surface area contributed by atoms with Crippen LogP contribution in [0.15, 0.2) is 0 Å². The minimum Gasteiger partial charge on any atom is -0.396 e. The molecule has 2 atom stereocenters. The maximum Gasteiger partial charge on any atom is 0.221 e. The second-order valence-electron chi connectivity index (χ2n) is 2.57. The van der Waals surface area contributed by atoms with Crippen LogP contribution >= 0.6 is 34.8 Å². The largest absolute Gasteiger partial charge is 0.396 e. The average molecular weight is 255 g/mol. The molecule has 0 fully saturated rings.